The summed E-state index contributed by atoms with van der Waals surface area (Å²) >= 11 is 0. The fourth-order valence-corrected chi connectivity index (χ4v) is 4.56. The number of halogens is 4. The van der Waals surface area contributed by atoms with Crippen LogP contribution in [0, 0.1) is 23.1 Å². The molecule has 1 aliphatic heterocycles. The topological polar surface area (TPSA) is 75.6 Å². The Labute approximate surface area is 205 Å². The number of nitrogens with one attached hydrogen (secondary N) is 1. The van der Waals surface area contributed by atoms with Gasteiger partial charge < -0.3 is 15.2 Å². The zero-order valence-electron chi connectivity index (χ0n) is 19.6. The van der Waals surface area contributed by atoms with Crippen LogP contribution in [-0.4, -0.2) is 23.6 Å². The molecule has 1 fully saturated rings. The van der Waals surface area contributed by atoms with E-state index in [4.69, 9.17) is 9.84 Å². The van der Waals surface area contributed by atoms with Gasteiger partial charge >= 0.3 is 12.1 Å². The highest BCUT2D eigenvalue weighted by Gasteiger charge is 2.52. The van der Waals surface area contributed by atoms with Crippen molar-refractivity contribution in [2.45, 2.75) is 57.2 Å². The average Bonchev–Trinajstić information content (AvgIpc) is 3.50. The van der Waals surface area contributed by atoms with Gasteiger partial charge in [0.2, 0.25) is 5.91 Å². The zero-order valence-corrected chi connectivity index (χ0v) is 19.6. The maximum absolute atomic E-state index is 14.8. The van der Waals surface area contributed by atoms with E-state index in [9.17, 15) is 27.2 Å². The van der Waals surface area contributed by atoms with Crippen LogP contribution in [0.3, 0.4) is 0 Å². The number of unbranched alkanes of at least 4 members (excludes halogenated alkanes) is 1. The molecule has 2 aliphatic rings. The minimum atomic E-state index is -4.62. The lowest BCUT2D eigenvalue weighted by Gasteiger charge is -2.29. The Morgan fingerprint density at radius 1 is 1.19 bits per heavy atom. The van der Waals surface area contributed by atoms with Crippen LogP contribution in [0.2, 0.25) is 0 Å². The van der Waals surface area contributed by atoms with Gasteiger partial charge in [-0.25, -0.2) is 9.18 Å². The molecule has 4 rings (SSSR count). The molecule has 1 heterocycles. The number of carbonyl (C=O) groups excluding carboxylic acids is 2. The number of carbonyl (C=O) groups is 2. The van der Waals surface area contributed by atoms with Gasteiger partial charge in [0.25, 0.3) is 0 Å². The number of aliphatic hydroxyl groups excluding tert-OH is 1. The molecule has 0 aromatic heterocycles. The summed E-state index contributed by atoms with van der Waals surface area (Å²) < 4.78 is 59.7. The minimum absolute atomic E-state index is 0.0166. The first-order valence-corrected chi connectivity index (χ1v) is 11.6. The number of benzene rings is 2. The number of ether oxygens (including phenoxy) is 1. The first kappa shape index (κ1) is 25.7. The third-order valence-electron chi connectivity index (χ3n) is 6.68. The number of hydrogen-bond donors (Lipinski definition) is 2. The molecule has 36 heavy (non-hydrogen) atoms. The Balaban J connectivity index is 1.64. The second-order valence-electron chi connectivity index (χ2n) is 9.51. The number of rotatable bonds is 7. The summed E-state index contributed by atoms with van der Waals surface area (Å²) in [5.74, 6) is 4.14. The number of fused-ring (bicyclic) bond motifs is 1. The Morgan fingerprint density at radius 3 is 2.61 bits per heavy atom. The van der Waals surface area contributed by atoms with Gasteiger partial charge in [-0.1, -0.05) is 5.92 Å². The number of hydrogen-bond acceptors (Lipinski definition) is 4. The van der Waals surface area contributed by atoms with Gasteiger partial charge in [-0.15, -0.1) is 5.92 Å². The van der Waals surface area contributed by atoms with Crippen LogP contribution in [0.1, 0.15) is 66.1 Å². The third kappa shape index (κ3) is 5.24. The summed E-state index contributed by atoms with van der Waals surface area (Å²) in [4.78, 5) is 25.2. The lowest BCUT2D eigenvalue weighted by molar-refractivity contribution is -0.137. The van der Waals surface area contributed by atoms with E-state index in [0.717, 1.165) is 12.1 Å². The highest BCUT2D eigenvalue weighted by molar-refractivity contribution is 5.99. The van der Waals surface area contributed by atoms with Crippen LogP contribution >= 0.6 is 0 Å². The molecule has 0 bridgehead atoms. The smallest absolute Gasteiger partial charge is 0.416 e. The molecule has 1 aliphatic carbocycles. The van der Waals surface area contributed by atoms with Crippen molar-refractivity contribution in [3.63, 3.8) is 0 Å². The van der Waals surface area contributed by atoms with Crippen molar-refractivity contribution < 1.29 is 37.0 Å². The van der Waals surface area contributed by atoms with E-state index in [1.54, 1.807) is 25.1 Å². The molecule has 9 heteroatoms. The highest BCUT2D eigenvalue weighted by atomic mass is 19.4. The van der Waals surface area contributed by atoms with E-state index in [1.807, 2.05) is 0 Å². The van der Waals surface area contributed by atoms with Crippen molar-refractivity contribution >= 4 is 17.6 Å². The van der Waals surface area contributed by atoms with Crippen molar-refractivity contribution in [1.82, 2.24) is 0 Å². The van der Waals surface area contributed by atoms with E-state index < -0.39 is 40.3 Å². The largest absolute Gasteiger partial charge is 0.457 e. The number of cyclic esters (lactones) is 1. The van der Waals surface area contributed by atoms with Gasteiger partial charge in [0.1, 0.15) is 17.8 Å². The van der Waals surface area contributed by atoms with Crippen LogP contribution in [-0.2, 0) is 27.7 Å². The Kier molecular flexibility index (Phi) is 6.84. The van der Waals surface area contributed by atoms with Crippen molar-refractivity contribution in [2.75, 3.05) is 11.9 Å². The standard InChI is InChI=1S/C27H25F4NO4/c1-25(9-3-2-4-12-33,24(35)32-19-6-7-20-17(13-19)15-36-23(20)34)16-26(10-11-26)21-14-18(27(29,30)31)5-8-22(21)28/h5-8,13-14,33H,2,4,10-12,15-16H2,1H3,(H,32,35). The molecule has 2 aromatic rings. The molecular weight excluding hydrogens is 478 g/mol. The van der Waals surface area contributed by atoms with E-state index in [0.29, 0.717) is 48.6 Å². The van der Waals surface area contributed by atoms with Gasteiger partial charge in [-0.05, 0) is 74.6 Å². The Hall–Kier alpha value is -3.38. The molecule has 190 valence electrons. The molecule has 1 unspecified atom stereocenters. The highest BCUT2D eigenvalue weighted by Crippen LogP contribution is 2.56. The Bertz CT molecular complexity index is 1260. The molecule has 1 atom stereocenters. The van der Waals surface area contributed by atoms with E-state index in [-0.39, 0.29) is 25.2 Å². The predicted molar refractivity (Wildman–Crippen MR) is 123 cm³/mol. The van der Waals surface area contributed by atoms with E-state index in [2.05, 4.69) is 17.2 Å². The predicted octanol–water partition coefficient (Wildman–Crippen LogP) is 5.36. The van der Waals surface area contributed by atoms with Crippen LogP contribution in [0.5, 0.6) is 0 Å². The lowest BCUT2D eigenvalue weighted by Crippen LogP contribution is -2.36. The van der Waals surface area contributed by atoms with E-state index in [1.165, 1.54) is 0 Å². The molecule has 1 amide bonds. The minimum Gasteiger partial charge on any atom is -0.457 e. The van der Waals surface area contributed by atoms with Crippen LogP contribution < -0.4 is 5.32 Å². The Morgan fingerprint density at radius 2 is 1.94 bits per heavy atom. The quantitative estimate of drug-likeness (QED) is 0.231. The number of esters is 1. The summed E-state index contributed by atoms with van der Waals surface area (Å²) in [6.45, 7) is 1.60. The summed E-state index contributed by atoms with van der Waals surface area (Å²) in [5, 5.41) is 11.8. The molecule has 2 aromatic carbocycles. The molecule has 0 radical (unpaired) electrons. The van der Waals surface area contributed by atoms with Gasteiger partial charge in [0, 0.05) is 29.7 Å². The van der Waals surface area contributed by atoms with Crippen molar-refractivity contribution in [1.29, 1.82) is 0 Å². The monoisotopic (exact) mass is 503 g/mol. The van der Waals surface area contributed by atoms with Crippen LogP contribution in [0.25, 0.3) is 0 Å². The first-order valence-electron chi connectivity index (χ1n) is 11.6. The summed E-state index contributed by atoms with van der Waals surface area (Å²) in [6, 6.07) is 7.08. The van der Waals surface area contributed by atoms with Gasteiger partial charge in [0.15, 0.2) is 0 Å². The third-order valence-corrected chi connectivity index (χ3v) is 6.68. The fourth-order valence-electron chi connectivity index (χ4n) is 4.56. The second kappa shape index (κ2) is 9.58. The second-order valence-corrected chi connectivity index (χ2v) is 9.51. The summed E-state index contributed by atoms with van der Waals surface area (Å²) in [6.07, 6.45) is -3.04. The summed E-state index contributed by atoms with van der Waals surface area (Å²) in [5.41, 5.74) is -1.88. The maximum Gasteiger partial charge on any atom is 0.416 e. The maximum atomic E-state index is 14.8. The first-order chi connectivity index (χ1) is 17.0. The molecule has 1 saturated carbocycles. The SMILES string of the molecule is CC(C#CCCCO)(CC1(c2cc(C(F)(F)F)ccc2F)CC1)C(=O)Nc1ccc2c(c1)COC2=O. The molecule has 5 nitrogen and oxygen atoms in total. The van der Waals surface area contributed by atoms with Gasteiger partial charge in [0.05, 0.1) is 11.1 Å². The fraction of sp³-hybridized carbons (Fsp3) is 0.407. The number of anilines is 1. The summed E-state index contributed by atoms with van der Waals surface area (Å²) in [7, 11) is 0. The van der Waals surface area contributed by atoms with Crippen molar-refractivity contribution in [3.05, 3.63) is 64.5 Å². The van der Waals surface area contributed by atoms with Crippen molar-refractivity contribution in [2.24, 2.45) is 5.41 Å². The van der Waals surface area contributed by atoms with Crippen LogP contribution in [0.15, 0.2) is 36.4 Å². The van der Waals surface area contributed by atoms with Crippen molar-refractivity contribution in [3.8, 4) is 11.8 Å². The zero-order chi connectivity index (χ0) is 26.1. The van der Waals surface area contributed by atoms with Crippen LogP contribution in [0.4, 0.5) is 23.2 Å². The number of alkyl halides is 3. The van der Waals surface area contributed by atoms with Gasteiger partial charge in [-0.3, -0.25) is 4.79 Å². The van der Waals surface area contributed by atoms with E-state index >= 15 is 0 Å². The average molecular weight is 503 g/mol. The number of aliphatic hydroxyl groups is 1. The van der Waals surface area contributed by atoms with Gasteiger partial charge in [-0.2, -0.15) is 13.2 Å². The lowest BCUT2D eigenvalue weighted by atomic mass is 9.75. The number of amides is 1. The molecule has 0 spiro atoms. The normalized spacial score (nSPS) is 17.3. The molecule has 0 saturated heterocycles. The molecule has 2 N–H and O–H groups in total. The molecular formula is C27H25F4NO4.